The zero-order valence-electron chi connectivity index (χ0n) is 6.41. The third-order valence-electron chi connectivity index (χ3n) is 1.62. The van der Waals surface area contributed by atoms with Crippen molar-refractivity contribution in [3.63, 3.8) is 0 Å². The van der Waals surface area contributed by atoms with Crippen LogP contribution in [0.15, 0.2) is 30.3 Å². The average molecular weight is 152 g/mol. The van der Waals surface area contributed by atoms with E-state index in [0.29, 0.717) is 0 Å². The van der Waals surface area contributed by atoms with E-state index in [9.17, 15) is 5.11 Å². The molecule has 0 saturated heterocycles. The maximum atomic E-state index is 9.56. The molecule has 0 saturated carbocycles. The molecular weight excluding hydrogens is 140 g/mol. The maximum Gasteiger partial charge on any atom is 0.151 e. The van der Waals surface area contributed by atoms with Gasteiger partial charge in [-0.25, -0.2) is 5.43 Å². The predicted molar refractivity (Wildman–Crippen MR) is 43.3 cm³/mol. The summed E-state index contributed by atoms with van der Waals surface area (Å²) in [6.45, 7) is 1.60. The molecule has 1 atom stereocenters. The van der Waals surface area contributed by atoms with Gasteiger partial charge in [0.05, 0.1) is 0 Å². The molecule has 1 aromatic rings. The van der Waals surface area contributed by atoms with Crippen molar-refractivity contribution in [3.05, 3.63) is 35.9 Å². The van der Waals surface area contributed by atoms with E-state index in [-0.39, 0.29) is 0 Å². The smallest absolute Gasteiger partial charge is 0.151 e. The first-order valence-corrected chi connectivity index (χ1v) is 3.42. The maximum absolute atomic E-state index is 9.56. The van der Waals surface area contributed by atoms with Gasteiger partial charge >= 0.3 is 0 Å². The first kappa shape index (κ1) is 8.20. The number of benzene rings is 1. The number of hydrogen-bond acceptors (Lipinski definition) is 3. The third kappa shape index (κ3) is 1.77. The zero-order chi connectivity index (χ0) is 8.32. The summed E-state index contributed by atoms with van der Waals surface area (Å²) in [4.78, 5) is 0. The molecule has 0 aliphatic rings. The Hall–Kier alpha value is -0.900. The Morgan fingerprint density at radius 3 is 2.36 bits per heavy atom. The molecule has 3 nitrogen and oxygen atoms in total. The zero-order valence-corrected chi connectivity index (χ0v) is 6.41. The van der Waals surface area contributed by atoms with Crippen molar-refractivity contribution >= 4 is 0 Å². The number of nitrogens with two attached hydrogens (primary N) is 1. The molecule has 0 aliphatic heterocycles. The number of hydrogen-bond donors (Lipinski definition) is 3. The lowest BCUT2D eigenvalue weighted by Gasteiger charge is -2.21. The Morgan fingerprint density at radius 2 is 1.91 bits per heavy atom. The minimum Gasteiger partial charge on any atom is -0.371 e. The molecular formula is C8H12N2O. The minimum absolute atomic E-state index is 0.752. The molecule has 1 rings (SSSR count). The van der Waals surface area contributed by atoms with Crippen LogP contribution in [-0.4, -0.2) is 5.11 Å². The number of rotatable bonds is 2. The largest absolute Gasteiger partial charge is 0.371 e. The van der Waals surface area contributed by atoms with Gasteiger partial charge in [-0.15, -0.1) is 0 Å². The highest BCUT2D eigenvalue weighted by molar-refractivity contribution is 5.20. The van der Waals surface area contributed by atoms with Gasteiger partial charge in [-0.2, -0.15) is 0 Å². The Morgan fingerprint density at radius 1 is 1.36 bits per heavy atom. The summed E-state index contributed by atoms with van der Waals surface area (Å²) in [5.74, 6) is 5.14. The summed E-state index contributed by atoms with van der Waals surface area (Å²) in [7, 11) is 0. The first-order valence-electron chi connectivity index (χ1n) is 3.42. The van der Waals surface area contributed by atoms with Crippen LogP contribution >= 0.6 is 0 Å². The van der Waals surface area contributed by atoms with Crippen molar-refractivity contribution in [2.75, 3.05) is 0 Å². The Kier molecular flexibility index (Phi) is 2.24. The van der Waals surface area contributed by atoms with Crippen LogP contribution < -0.4 is 11.3 Å². The van der Waals surface area contributed by atoms with Gasteiger partial charge in [-0.3, -0.25) is 5.84 Å². The highest BCUT2D eigenvalue weighted by atomic mass is 16.3. The summed E-state index contributed by atoms with van der Waals surface area (Å²) in [6.07, 6.45) is 0. The van der Waals surface area contributed by atoms with Gasteiger partial charge in [0.25, 0.3) is 0 Å². The highest BCUT2D eigenvalue weighted by Crippen LogP contribution is 2.14. The Balaban J connectivity index is 2.93. The van der Waals surface area contributed by atoms with E-state index in [1.54, 1.807) is 19.1 Å². The minimum atomic E-state index is -1.14. The highest BCUT2D eigenvalue weighted by Gasteiger charge is 2.19. The second kappa shape index (κ2) is 3.00. The van der Waals surface area contributed by atoms with Crippen molar-refractivity contribution in [1.29, 1.82) is 0 Å². The first-order chi connectivity index (χ1) is 5.17. The van der Waals surface area contributed by atoms with Crippen LogP contribution in [0.3, 0.4) is 0 Å². The molecule has 0 fully saturated rings. The van der Waals surface area contributed by atoms with Gasteiger partial charge in [0.2, 0.25) is 0 Å². The van der Waals surface area contributed by atoms with Gasteiger partial charge in [0.1, 0.15) is 0 Å². The normalized spacial score (nSPS) is 15.9. The topological polar surface area (TPSA) is 58.3 Å². The van der Waals surface area contributed by atoms with Gasteiger partial charge < -0.3 is 5.11 Å². The summed E-state index contributed by atoms with van der Waals surface area (Å²) in [5.41, 5.74) is 1.93. The molecule has 0 aliphatic carbocycles. The fourth-order valence-corrected chi connectivity index (χ4v) is 0.846. The van der Waals surface area contributed by atoms with Gasteiger partial charge in [0, 0.05) is 0 Å². The van der Waals surface area contributed by atoms with Crippen molar-refractivity contribution in [3.8, 4) is 0 Å². The Labute approximate surface area is 65.8 Å². The van der Waals surface area contributed by atoms with Crippen LogP contribution in [0.5, 0.6) is 0 Å². The molecule has 11 heavy (non-hydrogen) atoms. The van der Waals surface area contributed by atoms with Crippen LogP contribution in [-0.2, 0) is 5.72 Å². The van der Waals surface area contributed by atoms with E-state index < -0.39 is 5.72 Å². The second-order valence-corrected chi connectivity index (χ2v) is 2.58. The summed E-state index contributed by atoms with van der Waals surface area (Å²) in [5, 5.41) is 9.56. The molecule has 0 amide bonds. The number of aliphatic hydroxyl groups is 1. The van der Waals surface area contributed by atoms with E-state index >= 15 is 0 Å². The lowest BCUT2D eigenvalue weighted by Crippen LogP contribution is -2.43. The van der Waals surface area contributed by atoms with Crippen LogP contribution in [0.1, 0.15) is 12.5 Å². The fourth-order valence-electron chi connectivity index (χ4n) is 0.846. The summed E-state index contributed by atoms with van der Waals surface area (Å²) in [6, 6.07) is 9.19. The molecule has 0 bridgehead atoms. The lowest BCUT2D eigenvalue weighted by molar-refractivity contribution is 0.0200. The SMILES string of the molecule is C[C@@](O)(NN)c1ccccc1. The quantitative estimate of drug-likeness (QED) is 0.325. The van der Waals surface area contributed by atoms with Gasteiger partial charge in [0.15, 0.2) is 5.72 Å². The molecule has 0 aromatic heterocycles. The van der Waals surface area contributed by atoms with Crippen molar-refractivity contribution in [2.45, 2.75) is 12.6 Å². The van der Waals surface area contributed by atoms with Gasteiger partial charge in [-0.05, 0) is 12.5 Å². The molecule has 0 radical (unpaired) electrons. The van der Waals surface area contributed by atoms with Crippen LogP contribution in [0.2, 0.25) is 0 Å². The van der Waals surface area contributed by atoms with Crippen molar-refractivity contribution in [2.24, 2.45) is 5.84 Å². The van der Waals surface area contributed by atoms with Crippen molar-refractivity contribution in [1.82, 2.24) is 5.43 Å². The number of hydrazine groups is 1. The van der Waals surface area contributed by atoms with Crippen molar-refractivity contribution < 1.29 is 5.11 Å². The number of nitrogens with one attached hydrogen (secondary N) is 1. The van der Waals surface area contributed by atoms with Crippen LogP contribution in [0.4, 0.5) is 0 Å². The van der Waals surface area contributed by atoms with Crippen LogP contribution in [0, 0.1) is 0 Å². The molecule has 1 aromatic carbocycles. The summed E-state index contributed by atoms with van der Waals surface area (Å²) < 4.78 is 0. The molecule has 4 N–H and O–H groups in total. The molecule has 0 heterocycles. The molecule has 0 unspecified atom stereocenters. The van der Waals surface area contributed by atoms with E-state index in [4.69, 9.17) is 5.84 Å². The standard InChI is InChI=1S/C8H12N2O/c1-8(11,10-9)7-5-3-2-4-6-7/h2-6,10-11H,9H2,1H3/t8-/m0/s1. The van der Waals surface area contributed by atoms with E-state index in [1.807, 2.05) is 18.2 Å². The molecule has 60 valence electrons. The monoisotopic (exact) mass is 152 g/mol. The van der Waals surface area contributed by atoms with Crippen LogP contribution in [0.25, 0.3) is 0 Å². The van der Waals surface area contributed by atoms with E-state index in [0.717, 1.165) is 5.56 Å². The average Bonchev–Trinajstić information content (AvgIpc) is 2.06. The second-order valence-electron chi connectivity index (χ2n) is 2.58. The van der Waals surface area contributed by atoms with E-state index in [2.05, 4.69) is 5.43 Å². The third-order valence-corrected chi connectivity index (χ3v) is 1.62. The summed E-state index contributed by atoms with van der Waals surface area (Å²) >= 11 is 0. The fraction of sp³-hybridized carbons (Fsp3) is 0.250. The molecule has 3 heteroatoms. The predicted octanol–water partition coefficient (Wildman–Crippen LogP) is 0.315. The Bertz CT molecular complexity index is 221. The lowest BCUT2D eigenvalue weighted by atomic mass is 10.1. The molecule has 0 spiro atoms. The van der Waals surface area contributed by atoms with Gasteiger partial charge in [-0.1, -0.05) is 30.3 Å². The van der Waals surface area contributed by atoms with E-state index in [1.165, 1.54) is 0 Å².